The monoisotopic (exact) mass is 316 g/mol. The lowest BCUT2D eigenvalue weighted by Crippen LogP contribution is -2.33. The number of nitrogens with one attached hydrogen (secondary N) is 1. The van der Waals surface area contributed by atoms with Crippen LogP contribution in [0.5, 0.6) is 0 Å². The fraction of sp³-hybridized carbons (Fsp3) is 0.412. The Morgan fingerprint density at radius 3 is 2.70 bits per heavy atom. The van der Waals surface area contributed by atoms with Gasteiger partial charge in [0.15, 0.2) is 0 Å². The van der Waals surface area contributed by atoms with Gasteiger partial charge in [0.25, 0.3) is 0 Å². The molecule has 0 spiro atoms. The normalized spacial score (nSPS) is 25.7. The van der Waals surface area contributed by atoms with Crippen molar-refractivity contribution < 1.29 is 19.1 Å². The molecule has 3 atom stereocenters. The average Bonchev–Trinajstić information content (AvgIpc) is 2.85. The number of carboxylic acids is 1. The Hall–Kier alpha value is -2.37. The number of amides is 1. The largest absolute Gasteiger partial charge is 0.481 e. The number of rotatable bonds is 3. The maximum Gasteiger partial charge on any atom is 0.307 e. The van der Waals surface area contributed by atoms with Crippen molar-refractivity contribution in [2.75, 3.05) is 13.1 Å². The standard InChI is InChI=1S/C17H17FN2O3/c1-8-10(9-3-2-4-13(18)16(9)19-8)5-14(21)20-6-11-12(7-20)15(11)17(22)23/h2-4,11-12,15,19H,5-7H2,1H3,(H,22,23)/t11-,12+,15?. The van der Waals surface area contributed by atoms with Crippen LogP contribution in [0.15, 0.2) is 18.2 Å². The maximum atomic E-state index is 13.8. The Kier molecular flexibility index (Phi) is 2.98. The number of H-pyrrole nitrogens is 1. The van der Waals surface area contributed by atoms with E-state index in [4.69, 9.17) is 5.11 Å². The predicted molar refractivity (Wildman–Crippen MR) is 81.4 cm³/mol. The van der Waals surface area contributed by atoms with Gasteiger partial charge in [-0.15, -0.1) is 0 Å². The summed E-state index contributed by atoms with van der Waals surface area (Å²) in [6.07, 6.45) is 0.215. The molecule has 5 nitrogen and oxygen atoms in total. The molecule has 1 aliphatic heterocycles. The Balaban J connectivity index is 1.52. The molecular formula is C17H17FN2O3. The van der Waals surface area contributed by atoms with Gasteiger partial charge >= 0.3 is 5.97 Å². The number of hydrogen-bond acceptors (Lipinski definition) is 2. The molecule has 2 fully saturated rings. The van der Waals surface area contributed by atoms with Crippen molar-refractivity contribution in [3.8, 4) is 0 Å². The van der Waals surface area contributed by atoms with Gasteiger partial charge in [-0.25, -0.2) is 4.39 Å². The first-order valence-corrected chi connectivity index (χ1v) is 7.73. The number of aryl methyl sites for hydroxylation is 1. The van der Waals surface area contributed by atoms with Crippen molar-refractivity contribution >= 4 is 22.8 Å². The first kappa shape index (κ1) is 14.2. The van der Waals surface area contributed by atoms with Gasteiger partial charge in [0, 0.05) is 24.2 Å². The highest BCUT2D eigenvalue weighted by atomic mass is 19.1. The number of hydrogen-bond donors (Lipinski definition) is 2. The summed E-state index contributed by atoms with van der Waals surface area (Å²) in [5.74, 6) is -1.15. The number of para-hydroxylation sites is 1. The molecule has 1 aromatic heterocycles. The van der Waals surface area contributed by atoms with E-state index in [0.717, 1.165) is 16.6 Å². The van der Waals surface area contributed by atoms with Crippen molar-refractivity contribution in [3.05, 3.63) is 35.3 Å². The zero-order valence-corrected chi connectivity index (χ0v) is 12.7. The molecule has 6 heteroatoms. The molecule has 0 bridgehead atoms. The van der Waals surface area contributed by atoms with E-state index in [0.29, 0.717) is 18.6 Å². The minimum atomic E-state index is -0.755. The summed E-state index contributed by atoms with van der Waals surface area (Å²) in [6, 6.07) is 4.85. The van der Waals surface area contributed by atoms with Crippen molar-refractivity contribution in [2.24, 2.45) is 17.8 Å². The molecule has 2 heterocycles. The summed E-state index contributed by atoms with van der Waals surface area (Å²) in [6.45, 7) is 2.89. The van der Waals surface area contributed by atoms with Crippen LogP contribution in [0.2, 0.25) is 0 Å². The molecule has 1 aromatic carbocycles. The third-order valence-corrected chi connectivity index (χ3v) is 5.26. The number of halogens is 1. The van der Waals surface area contributed by atoms with Crippen LogP contribution in [-0.4, -0.2) is 40.0 Å². The fourth-order valence-corrected chi connectivity index (χ4v) is 3.95. The van der Waals surface area contributed by atoms with Crippen LogP contribution in [0.1, 0.15) is 11.3 Å². The quantitative estimate of drug-likeness (QED) is 0.909. The van der Waals surface area contributed by atoms with E-state index in [1.165, 1.54) is 6.07 Å². The van der Waals surface area contributed by atoms with Gasteiger partial charge in [0.05, 0.1) is 17.9 Å². The van der Waals surface area contributed by atoms with Gasteiger partial charge in [-0.2, -0.15) is 0 Å². The van der Waals surface area contributed by atoms with Crippen molar-refractivity contribution in [2.45, 2.75) is 13.3 Å². The summed E-state index contributed by atoms with van der Waals surface area (Å²) in [7, 11) is 0. The molecule has 2 aliphatic rings. The molecule has 1 saturated carbocycles. The van der Waals surface area contributed by atoms with Crippen LogP contribution in [0.25, 0.3) is 10.9 Å². The molecule has 120 valence electrons. The molecule has 2 aromatic rings. The number of likely N-dealkylation sites (tertiary alicyclic amines) is 1. The van der Waals surface area contributed by atoms with Crippen LogP contribution in [0.4, 0.5) is 4.39 Å². The summed E-state index contributed by atoms with van der Waals surface area (Å²) in [4.78, 5) is 28.2. The van der Waals surface area contributed by atoms with E-state index in [-0.39, 0.29) is 35.9 Å². The van der Waals surface area contributed by atoms with E-state index in [1.54, 1.807) is 11.0 Å². The van der Waals surface area contributed by atoms with E-state index in [9.17, 15) is 14.0 Å². The number of piperidine rings is 1. The predicted octanol–water partition coefficient (Wildman–Crippen LogP) is 1.95. The number of aliphatic carboxylic acids is 1. The number of nitrogens with zero attached hydrogens (tertiary/aromatic N) is 1. The summed E-state index contributed by atoms with van der Waals surface area (Å²) in [5, 5.41) is 9.77. The Morgan fingerprint density at radius 2 is 2.04 bits per heavy atom. The number of carbonyl (C=O) groups excluding carboxylic acids is 1. The highest BCUT2D eigenvalue weighted by Gasteiger charge is 2.60. The summed E-state index contributed by atoms with van der Waals surface area (Å²) >= 11 is 0. The Labute approximate surface area is 132 Å². The minimum absolute atomic E-state index is 0.0189. The third-order valence-electron chi connectivity index (χ3n) is 5.26. The molecule has 1 saturated heterocycles. The second kappa shape index (κ2) is 4.81. The van der Waals surface area contributed by atoms with Gasteiger partial charge in [0.1, 0.15) is 5.82 Å². The molecule has 2 N–H and O–H groups in total. The molecule has 1 aliphatic carbocycles. The van der Waals surface area contributed by atoms with Crippen LogP contribution in [0, 0.1) is 30.5 Å². The van der Waals surface area contributed by atoms with Crippen molar-refractivity contribution in [1.29, 1.82) is 0 Å². The number of benzene rings is 1. The Morgan fingerprint density at radius 1 is 1.35 bits per heavy atom. The maximum absolute atomic E-state index is 13.8. The third kappa shape index (κ3) is 2.12. The van der Waals surface area contributed by atoms with Gasteiger partial charge in [-0.3, -0.25) is 9.59 Å². The lowest BCUT2D eigenvalue weighted by Gasteiger charge is -2.19. The summed E-state index contributed by atoms with van der Waals surface area (Å²) < 4.78 is 13.8. The van der Waals surface area contributed by atoms with Crippen LogP contribution in [-0.2, 0) is 16.0 Å². The first-order valence-electron chi connectivity index (χ1n) is 7.73. The SMILES string of the molecule is Cc1[nH]c2c(F)cccc2c1CC(=O)N1C[C@@H]2C(C(=O)O)[C@@H]2C1. The lowest BCUT2D eigenvalue weighted by atomic mass is 10.1. The van der Waals surface area contributed by atoms with E-state index < -0.39 is 5.97 Å². The second-order valence-corrected chi connectivity index (χ2v) is 6.56. The van der Waals surface area contributed by atoms with Gasteiger partial charge in [-0.05, 0) is 30.4 Å². The highest BCUT2D eigenvalue weighted by Crippen LogP contribution is 2.51. The minimum Gasteiger partial charge on any atom is -0.481 e. The van der Waals surface area contributed by atoms with Crippen LogP contribution < -0.4 is 0 Å². The van der Waals surface area contributed by atoms with Crippen LogP contribution >= 0.6 is 0 Å². The zero-order chi connectivity index (χ0) is 16.3. The second-order valence-electron chi connectivity index (χ2n) is 6.56. The van der Waals surface area contributed by atoms with E-state index in [1.807, 2.05) is 13.0 Å². The van der Waals surface area contributed by atoms with Crippen LogP contribution in [0.3, 0.4) is 0 Å². The number of fused-ring (bicyclic) bond motifs is 2. The first-order chi connectivity index (χ1) is 11.0. The average molecular weight is 316 g/mol. The van der Waals surface area contributed by atoms with E-state index >= 15 is 0 Å². The lowest BCUT2D eigenvalue weighted by molar-refractivity contribution is -0.140. The number of aromatic amines is 1. The number of aromatic nitrogens is 1. The highest BCUT2D eigenvalue weighted by molar-refractivity contribution is 5.90. The van der Waals surface area contributed by atoms with Gasteiger partial charge in [-0.1, -0.05) is 12.1 Å². The summed E-state index contributed by atoms with van der Waals surface area (Å²) in [5.41, 5.74) is 2.05. The molecule has 0 radical (unpaired) electrons. The number of carbonyl (C=O) groups is 2. The van der Waals surface area contributed by atoms with Gasteiger partial charge in [0.2, 0.25) is 5.91 Å². The van der Waals surface area contributed by atoms with Crippen molar-refractivity contribution in [1.82, 2.24) is 9.88 Å². The van der Waals surface area contributed by atoms with Gasteiger partial charge < -0.3 is 15.0 Å². The smallest absolute Gasteiger partial charge is 0.307 e. The fourth-order valence-electron chi connectivity index (χ4n) is 3.95. The zero-order valence-electron chi connectivity index (χ0n) is 12.7. The number of carboxylic acid groups (broad SMARTS) is 1. The topological polar surface area (TPSA) is 73.4 Å². The van der Waals surface area contributed by atoms with E-state index in [2.05, 4.69) is 4.98 Å². The Bertz CT molecular complexity index is 817. The molecule has 4 rings (SSSR count). The molecular weight excluding hydrogens is 299 g/mol. The molecule has 1 unspecified atom stereocenters. The molecule has 23 heavy (non-hydrogen) atoms. The van der Waals surface area contributed by atoms with Crippen molar-refractivity contribution in [3.63, 3.8) is 0 Å². The molecule has 1 amide bonds.